The molecule has 3 N–H and O–H groups in total. The van der Waals surface area contributed by atoms with Gasteiger partial charge in [0, 0.05) is 16.8 Å². The molecule has 0 radical (unpaired) electrons. The van der Waals surface area contributed by atoms with E-state index in [0.717, 1.165) is 28.1 Å². The highest BCUT2D eigenvalue weighted by Crippen LogP contribution is 2.29. The van der Waals surface area contributed by atoms with Crippen molar-refractivity contribution < 1.29 is 19.1 Å². The molecule has 8 nitrogen and oxygen atoms in total. The Labute approximate surface area is 221 Å². The summed E-state index contributed by atoms with van der Waals surface area (Å²) in [6.45, 7) is 4.41. The Bertz CT molecular complexity index is 1400. The van der Waals surface area contributed by atoms with Crippen molar-refractivity contribution in [1.29, 1.82) is 0 Å². The summed E-state index contributed by atoms with van der Waals surface area (Å²) < 4.78 is 11.1. The Morgan fingerprint density at radius 1 is 0.842 bits per heavy atom. The minimum atomic E-state index is -0.453. The second-order valence-electron chi connectivity index (χ2n) is 8.25. The molecule has 8 heteroatoms. The molecule has 0 saturated heterocycles. The SMILES string of the molecule is CCOc1ccc(C(=O)NCC(=O)N/N=C/c2cc(-c3ccccc3)[nH]c2-c2ccccc2)cc1OCC. The fourth-order valence-corrected chi connectivity index (χ4v) is 3.86. The monoisotopic (exact) mass is 510 g/mol. The molecular weight excluding hydrogens is 480 g/mol. The predicted octanol–water partition coefficient (Wildman–Crippen LogP) is 5.03. The Kier molecular flexibility index (Phi) is 8.91. The summed E-state index contributed by atoms with van der Waals surface area (Å²) >= 11 is 0. The number of benzene rings is 3. The van der Waals surface area contributed by atoms with Crippen molar-refractivity contribution in [2.75, 3.05) is 19.8 Å². The first-order chi connectivity index (χ1) is 18.6. The van der Waals surface area contributed by atoms with E-state index in [1.807, 2.05) is 80.6 Å². The number of carbonyl (C=O) groups is 2. The molecule has 0 spiro atoms. The van der Waals surface area contributed by atoms with Crippen LogP contribution in [0.3, 0.4) is 0 Å². The van der Waals surface area contributed by atoms with Crippen molar-refractivity contribution in [1.82, 2.24) is 15.7 Å². The summed E-state index contributed by atoms with van der Waals surface area (Å²) in [6, 6.07) is 26.7. The molecule has 0 aliphatic carbocycles. The minimum absolute atomic E-state index is 0.235. The third kappa shape index (κ3) is 6.67. The maximum atomic E-state index is 12.6. The lowest BCUT2D eigenvalue weighted by Crippen LogP contribution is -2.34. The summed E-state index contributed by atoms with van der Waals surface area (Å²) in [5.74, 6) is 0.183. The molecule has 0 atom stereocenters. The van der Waals surface area contributed by atoms with E-state index in [-0.39, 0.29) is 6.54 Å². The van der Waals surface area contributed by atoms with E-state index in [0.29, 0.717) is 30.3 Å². The van der Waals surface area contributed by atoms with Crippen LogP contribution in [0.4, 0.5) is 0 Å². The standard InChI is InChI=1S/C30H30N4O4/c1-3-37-26-16-15-23(18-27(26)38-4-2)30(36)31-20-28(35)34-32-19-24-17-25(21-11-7-5-8-12-21)33-29(24)22-13-9-6-10-14-22/h5-19,33H,3-4,20H2,1-2H3,(H,31,36)(H,34,35)/b32-19+. The zero-order valence-electron chi connectivity index (χ0n) is 21.4. The van der Waals surface area contributed by atoms with Crippen molar-refractivity contribution in [3.8, 4) is 34.0 Å². The van der Waals surface area contributed by atoms with Gasteiger partial charge in [0.2, 0.25) is 0 Å². The Hall–Kier alpha value is -4.85. The third-order valence-electron chi connectivity index (χ3n) is 5.60. The highest BCUT2D eigenvalue weighted by atomic mass is 16.5. The average Bonchev–Trinajstić information content (AvgIpc) is 3.38. The van der Waals surface area contributed by atoms with E-state index in [1.54, 1.807) is 24.4 Å². The molecule has 0 saturated carbocycles. The molecule has 0 bridgehead atoms. The second kappa shape index (κ2) is 12.9. The molecular formula is C30H30N4O4. The lowest BCUT2D eigenvalue weighted by molar-refractivity contribution is -0.120. The van der Waals surface area contributed by atoms with Crippen molar-refractivity contribution in [2.24, 2.45) is 5.10 Å². The topological polar surface area (TPSA) is 105 Å². The van der Waals surface area contributed by atoms with Crippen LogP contribution in [0, 0.1) is 0 Å². The van der Waals surface area contributed by atoms with E-state index in [1.165, 1.54) is 0 Å². The zero-order chi connectivity index (χ0) is 26.7. The number of hydrazone groups is 1. The van der Waals surface area contributed by atoms with Gasteiger partial charge in [0.1, 0.15) is 0 Å². The summed E-state index contributed by atoms with van der Waals surface area (Å²) in [4.78, 5) is 28.4. The fourth-order valence-electron chi connectivity index (χ4n) is 3.86. The molecule has 0 aliphatic heterocycles. The van der Waals surface area contributed by atoms with Crippen molar-refractivity contribution in [3.05, 3.63) is 96.1 Å². The maximum absolute atomic E-state index is 12.6. The van der Waals surface area contributed by atoms with Crippen LogP contribution in [0.5, 0.6) is 11.5 Å². The van der Waals surface area contributed by atoms with Crippen molar-refractivity contribution in [3.63, 3.8) is 0 Å². The van der Waals surface area contributed by atoms with Crippen LogP contribution >= 0.6 is 0 Å². The van der Waals surface area contributed by atoms with Gasteiger partial charge < -0.3 is 19.8 Å². The highest BCUT2D eigenvalue weighted by Gasteiger charge is 2.13. The number of rotatable bonds is 11. The third-order valence-corrected chi connectivity index (χ3v) is 5.60. The van der Waals surface area contributed by atoms with Crippen LogP contribution in [0.2, 0.25) is 0 Å². The summed E-state index contributed by atoms with van der Waals surface area (Å²) in [6.07, 6.45) is 1.59. The molecule has 0 unspecified atom stereocenters. The number of aromatic amines is 1. The summed E-state index contributed by atoms with van der Waals surface area (Å²) in [7, 11) is 0. The van der Waals surface area contributed by atoms with Gasteiger partial charge in [0.05, 0.1) is 31.7 Å². The van der Waals surface area contributed by atoms with Gasteiger partial charge in [-0.1, -0.05) is 60.7 Å². The second-order valence-corrected chi connectivity index (χ2v) is 8.25. The van der Waals surface area contributed by atoms with Crippen LogP contribution in [-0.4, -0.2) is 42.8 Å². The van der Waals surface area contributed by atoms with Crippen molar-refractivity contribution in [2.45, 2.75) is 13.8 Å². The average molecular weight is 511 g/mol. The first-order valence-corrected chi connectivity index (χ1v) is 12.4. The summed E-state index contributed by atoms with van der Waals surface area (Å²) in [5, 5.41) is 6.73. The smallest absolute Gasteiger partial charge is 0.259 e. The molecule has 1 heterocycles. The fraction of sp³-hybridized carbons (Fsp3) is 0.167. The Morgan fingerprint density at radius 3 is 2.18 bits per heavy atom. The number of aromatic nitrogens is 1. The number of carbonyl (C=O) groups excluding carboxylic acids is 2. The Morgan fingerprint density at radius 2 is 1.50 bits per heavy atom. The van der Waals surface area contributed by atoms with Crippen LogP contribution in [0.15, 0.2) is 90.0 Å². The van der Waals surface area contributed by atoms with Gasteiger partial charge in [-0.2, -0.15) is 5.10 Å². The summed E-state index contributed by atoms with van der Waals surface area (Å²) in [5.41, 5.74) is 7.52. The molecule has 4 aromatic rings. The lowest BCUT2D eigenvalue weighted by atomic mass is 10.1. The van der Waals surface area contributed by atoms with E-state index in [9.17, 15) is 9.59 Å². The molecule has 0 aliphatic rings. The van der Waals surface area contributed by atoms with Crippen LogP contribution < -0.4 is 20.2 Å². The number of nitrogens with one attached hydrogen (secondary N) is 3. The molecule has 0 fully saturated rings. The number of hydrogen-bond acceptors (Lipinski definition) is 5. The van der Waals surface area contributed by atoms with Gasteiger partial charge >= 0.3 is 0 Å². The van der Waals surface area contributed by atoms with Crippen LogP contribution in [-0.2, 0) is 4.79 Å². The van der Waals surface area contributed by atoms with E-state index in [4.69, 9.17) is 9.47 Å². The Balaban J connectivity index is 1.40. The van der Waals surface area contributed by atoms with Gasteiger partial charge in [-0.15, -0.1) is 0 Å². The maximum Gasteiger partial charge on any atom is 0.259 e. The quantitative estimate of drug-likeness (QED) is 0.195. The lowest BCUT2D eigenvalue weighted by Gasteiger charge is -2.12. The van der Waals surface area contributed by atoms with Crippen LogP contribution in [0.25, 0.3) is 22.5 Å². The number of hydrogen-bond donors (Lipinski definition) is 3. The number of H-pyrrole nitrogens is 1. The normalized spacial score (nSPS) is 10.8. The van der Waals surface area contributed by atoms with E-state index >= 15 is 0 Å². The molecule has 4 rings (SSSR count). The van der Waals surface area contributed by atoms with Gasteiger partial charge in [0.15, 0.2) is 11.5 Å². The zero-order valence-corrected chi connectivity index (χ0v) is 21.4. The van der Waals surface area contributed by atoms with Gasteiger partial charge in [-0.05, 0) is 49.2 Å². The number of amides is 2. The predicted molar refractivity (Wildman–Crippen MR) is 149 cm³/mol. The first kappa shape index (κ1) is 26.2. The number of ether oxygens (including phenoxy) is 2. The van der Waals surface area contributed by atoms with Gasteiger partial charge in [0.25, 0.3) is 11.8 Å². The minimum Gasteiger partial charge on any atom is -0.490 e. The van der Waals surface area contributed by atoms with E-state index in [2.05, 4.69) is 20.8 Å². The molecule has 1 aromatic heterocycles. The highest BCUT2D eigenvalue weighted by molar-refractivity contribution is 5.97. The molecule has 194 valence electrons. The van der Waals surface area contributed by atoms with Crippen molar-refractivity contribution >= 4 is 18.0 Å². The first-order valence-electron chi connectivity index (χ1n) is 12.4. The van der Waals surface area contributed by atoms with E-state index < -0.39 is 11.8 Å². The van der Waals surface area contributed by atoms with Gasteiger partial charge in [-0.3, -0.25) is 9.59 Å². The van der Waals surface area contributed by atoms with Crippen LogP contribution in [0.1, 0.15) is 29.8 Å². The van der Waals surface area contributed by atoms with Gasteiger partial charge in [-0.25, -0.2) is 5.43 Å². The number of nitrogens with zero attached hydrogens (tertiary/aromatic N) is 1. The molecule has 38 heavy (non-hydrogen) atoms. The largest absolute Gasteiger partial charge is 0.490 e. The molecule has 3 aromatic carbocycles. The molecule has 2 amide bonds.